The molecular weight excluding hydrogens is 288 g/mol. The van der Waals surface area contributed by atoms with Crippen LogP contribution in [0.5, 0.6) is 0 Å². The number of aliphatic hydroxyl groups excluding tert-OH is 1. The summed E-state index contributed by atoms with van der Waals surface area (Å²) < 4.78 is 0. The van der Waals surface area contributed by atoms with Gasteiger partial charge in [-0.05, 0) is 31.9 Å². The number of hydrogen-bond donors (Lipinski definition) is 2. The van der Waals surface area contributed by atoms with E-state index in [-0.39, 0.29) is 30.3 Å². The number of aliphatic hydroxyl groups is 1. The number of piperidine rings is 1. The zero-order chi connectivity index (χ0) is 14.4. The highest BCUT2D eigenvalue weighted by Crippen LogP contribution is 2.28. The van der Waals surface area contributed by atoms with Gasteiger partial charge < -0.3 is 15.3 Å². The second-order valence-electron chi connectivity index (χ2n) is 5.78. The average molecular weight is 313 g/mol. The molecule has 118 valence electrons. The summed E-state index contributed by atoms with van der Waals surface area (Å²) in [5, 5.41) is 12.5. The van der Waals surface area contributed by atoms with Gasteiger partial charge in [-0.25, -0.2) is 0 Å². The zero-order valence-corrected chi connectivity index (χ0v) is 13.4. The number of halogens is 1. The maximum absolute atomic E-state index is 12.8. The molecule has 21 heavy (non-hydrogen) atoms. The van der Waals surface area contributed by atoms with Crippen LogP contribution in [0.3, 0.4) is 0 Å². The molecule has 1 aromatic carbocycles. The van der Waals surface area contributed by atoms with Crippen molar-refractivity contribution in [2.45, 2.75) is 26.3 Å². The van der Waals surface area contributed by atoms with Crippen LogP contribution in [0.25, 0.3) is 0 Å². The van der Waals surface area contributed by atoms with Crippen LogP contribution in [-0.4, -0.2) is 42.2 Å². The molecule has 0 bridgehead atoms. The van der Waals surface area contributed by atoms with Crippen molar-refractivity contribution in [2.75, 3.05) is 26.2 Å². The van der Waals surface area contributed by atoms with Crippen LogP contribution in [0.1, 0.15) is 25.3 Å². The molecule has 0 saturated carbocycles. The lowest BCUT2D eigenvalue weighted by Gasteiger charge is -2.37. The Balaban J connectivity index is 0.00000220. The van der Waals surface area contributed by atoms with Crippen LogP contribution in [-0.2, 0) is 11.3 Å². The minimum Gasteiger partial charge on any atom is -0.395 e. The summed E-state index contributed by atoms with van der Waals surface area (Å²) in [6.07, 6.45) is 1.94. The van der Waals surface area contributed by atoms with Gasteiger partial charge in [0, 0.05) is 19.6 Å². The van der Waals surface area contributed by atoms with Crippen molar-refractivity contribution >= 4 is 18.3 Å². The minimum absolute atomic E-state index is 0. The van der Waals surface area contributed by atoms with Crippen molar-refractivity contribution in [3.8, 4) is 0 Å². The van der Waals surface area contributed by atoms with Crippen molar-refractivity contribution in [3.63, 3.8) is 0 Å². The summed E-state index contributed by atoms with van der Waals surface area (Å²) in [5.74, 6) is 0.141. The number of nitrogens with zero attached hydrogens (tertiary/aromatic N) is 1. The van der Waals surface area contributed by atoms with E-state index in [1.54, 1.807) is 4.90 Å². The first-order chi connectivity index (χ1) is 9.65. The Bertz CT molecular complexity index is 433. The number of carbonyl (C=O) groups excluding carboxylic acids is 1. The zero-order valence-electron chi connectivity index (χ0n) is 12.5. The summed E-state index contributed by atoms with van der Waals surface area (Å²) in [7, 11) is 0. The molecule has 2 rings (SSSR count). The van der Waals surface area contributed by atoms with Crippen LogP contribution in [0, 0.1) is 5.41 Å². The highest BCUT2D eigenvalue weighted by Gasteiger charge is 2.37. The molecule has 1 fully saturated rings. The molecular formula is C16H25ClN2O2. The third-order valence-corrected chi connectivity index (χ3v) is 3.99. The first-order valence-electron chi connectivity index (χ1n) is 7.30. The summed E-state index contributed by atoms with van der Waals surface area (Å²) in [5.41, 5.74) is 0.754. The third-order valence-electron chi connectivity index (χ3n) is 3.99. The van der Waals surface area contributed by atoms with E-state index < -0.39 is 0 Å². The molecule has 5 heteroatoms. The second kappa shape index (κ2) is 8.37. The van der Waals surface area contributed by atoms with Gasteiger partial charge in [0.05, 0.1) is 12.0 Å². The lowest BCUT2D eigenvalue weighted by molar-refractivity contribution is -0.143. The maximum Gasteiger partial charge on any atom is 0.230 e. The topological polar surface area (TPSA) is 52.6 Å². The van der Waals surface area contributed by atoms with Gasteiger partial charge >= 0.3 is 0 Å². The minimum atomic E-state index is -0.345. The van der Waals surface area contributed by atoms with E-state index in [1.807, 2.05) is 37.3 Å². The van der Waals surface area contributed by atoms with Crippen molar-refractivity contribution in [1.82, 2.24) is 10.2 Å². The van der Waals surface area contributed by atoms with Crippen LogP contribution in [0.15, 0.2) is 30.3 Å². The molecule has 0 spiro atoms. The molecule has 1 aliphatic heterocycles. The first-order valence-corrected chi connectivity index (χ1v) is 7.30. The molecule has 1 amide bonds. The standard InChI is InChI=1S/C16H24N2O2.ClH/c1-16(8-5-9-17-13-16)15(20)18(10-11-19)12-14-6-3-2-4-7-14;/h2-4,6-7,17,19H,5,8-13H2,1H3;1H. The van der Waals surface area contributed by atoms with E-state index in [2.05, 4.69) is 5.32 Å². The Morgan fingerprint density at radius 2 is 2.10 bits per heavy atom. The fourth-order valence-corrected chi connectivity index (χ4v) is 2.80. The number of carbonyl (C=O) groups is 1. The normalized spacial score (nSPS) is 21.4. The number of rotatable bonds is 5. The molecule has 0 aliphatic carbocycles. The molecule has 0 radical (unpaired) electrons. The van der Waals surface area contributed by atoms with Crippen molar-refractivity contribution in [3.05, 3.63) is 35.9 Å². The van der Waals surface area contributed by atoms with Crippen molar-refractivity contribution < 1.29 is 9.90 Å². The predicted octanol–water partition coefficient (Wildman–Crippen LogP) is 1.82. The van der Waals surface area contributed by atoms with Gasteiger partial charge in [0.1, 0.15) is 0 Å². The fraction of sp³-hybridized carbons (Fsp3) is 0.562. The smallest absolute Gasteiger partial charge is 0.230 e. The summed E-state index contributed by atoms with van der Waals surface area (Å²) >= 11 is 0. The molecule has 1 aliphatic rings. The lowest BCUT2D eigenvalue weighted by atomic mass is 9.81. The Hall–Kier alpha value is -1.10. The van der Waals surface area contributed by atoms with Gasteiger partial charge in [-0.3, -0.25) is 4.79 Å². The molecule has 2 N–H and O–H groups in total. The highest BCUT2D eigenvalue weighted by molar-refractivity contribution is 5.85. The molecule has 1 atom stereocenters. The summed E-state index contributed by atoms with van der Waals surface area (Å²) in [6.45, 7) is 4.70. The average Bonchev–Trinajstić information content (AvgIpc) is 2.48. The van der Waals surface area contributed by atoms with E-state index in [0.29, 0.717) is 13.1 Å². The Morgan fingerprint density at radius 1 is 1.38 bits per heavy atom. The quantitative estimate of drug-likeness (QED) is 0.872. The molecule has 4 nitrogen and oxygen atoms in total. The molecule has 0 aromatic heterocycles. The molecule has 1 unspecified atom stereocenters. The van der Waals surface area contributed by atoms with Crippen LogP contribution in [0.4, 0.5) is 0 Å². The fourth-order valence-electron chi connectivity index (χ4n) is 2.80. The van der Waals surface area contributed by atoms with Gasteiger partial charge in [0.15, 0.2) is 0 Å². The van der Waals surface area contributed by atoms with Crippen molar-refractivity contribution in [2.24, 2.45) is 5.41 Å². The van der Waals surface area contributed by atoms with E-state index in [9.17, 15) is 9.90 Å². The molecule has 1 aromatic rings. The highest BCUT2D eigenvalue weighted by atomic mass is 35.5. The Morgan fingerprint density at radius 3 is 2.67 bits per heavy atom. The van der Waals surface area contributed by atoms with Crippen molar-refractivity contribution in [1.29, 1.82) is 0 Å². The third kappa shape index (κ3) is 4.70. The summed E-state index contributed by atoms with van der Waals surface area (Å²) in [6, 6.07) is 9.94. The van der Waals surface area contributed by atoms with Gasteiger partial charge in [-0.15, -0.1) is 12.4 Å². The Kier molecular flexibility index (Phi) is 7.15. The summed E-state index contributed by atoms with van der Waals surface area (Å²) in [4.78, 5) is 14.6. The van der Waals surface area contributed by atoms with E-state index in [0.717, 1.165) is 31.5 Å². The van der Waals surface area contributed by atoms with Gasteiger partial charge in [0.25, 0.3) is 0 Å². The maximum atomic E-state index is 12.8. The second-order valence-corrected chi connectivity index (χ2v) is 5.78. The van der Waals surface area contributed by atoms with Crippen LogP contribution in [0.2, 0.25) is 0 Å². The molecule has 1 saturated heterocycles. The van der Waals surface area contributed by atoms with E-state index in [1.165, 1.54) is 0 Å². The van der Waals surface area contributed by atoms with Crippen LogP contribution >= 0.6 is 12.4 Å². The Labute approximate surface area is 132 Å². The number of benzene rings is 1. The number of hydrogen-bond acceptors (Lipinski definition) is 3. The lowest BCUT2D eigenvalue weighted by Crippen LogP contribution is -2.50. The van der Waals surface area contributed by atoms with E-state index in [4.69, 9.17) is 0 Å². The number of nitrogens with one attached hydrogen (secondary N) is 1. The van der Waals surface area contributed by atoms with E-state index >= 15 is 0 Å². The molecule has 1 heterocycles. The SMILES string of the molecule is CC1(C(=O)N(CCO)Cc2ccccc2)CCCNC1.Cl. The largest absolute Gasteiger partial charge is 0.395 e. The first kappa shape index (κ1) is 18.0. The monoisotopic (exact) mass is 312 g/mol. The number of amides is 1. The van der Waals surface area contributed by atoms with Gasteiger partial charge in [-0.1, -0.05) is 30.3 Å². The van der Waals surface area contributed by atoms with Gasteiger partial charge in [0.2, 0.25) is 5.91 Å². The van der Waals surface area contributed by atoms with Crippen LogP contribution < -0.4 is 5.32 Å². The predicted molar refractivity (Wildman–Crippen MR) is 86.4 cm³/mol. The van der Waals surface area contributed by atoms with Gasteiger partial charge in [-0.2, -0.15) is 0 Å².